The topological polar surface area (TPSA) is 51.0 Å². The number of likely N-dealkylation sites (tertiary alicyclic amines) is 1. The molecule has 1 saturated heterocycles. The average molecular weight is 439 g/mol. The Morgan fingerprint density at radius 2 is 1.65 bits per heavy atom. The lowest BCUT2D eigenvalue weighted by Crippen LogP contribution is -2.33. The Morgan fingerprint density at radius 1 is 0.968 bits per heavy atom. The van der Waals surface area contributed by atoms with E-state index in [0.29, 0.717) is 10.7 Å². The summed E-state index contributed by atoms with van der Waals surface area (Å²) in [6.07, 6.45) is 3.62. The molecule has 2 atom stereocenters. The second-order valence-corrected chi connectivity index (χ2v) is 9.22. The molecule has 3 aromatic rings. The quantitative estimate of drug-likeness (QED) is 0.369. The summed E-state index contributed by atoms with van der Waals surface area (Å²) in [4.78, 5) is 15.3. The van der Waals surface area contributed by atoms with E-state index in [4.69, 9.17) is 0 Å². The largest absolute Gasteiger partial charge is 0.294 e. The van der Waals surface area contributed by atoms with Gasteiger partial charge in [-0.2, -0.15) is 0 Å². The molecule has 31 heavy (non-hydrogen) atoms. The molecule has 1 aliphatic rings. The van der Waals surface area contributed by atoms with Crippen molar-refractivity contribution in [3.63, 3.8) is 0 Å². The molecule has 7 heteroatoms. The molecule has 1 fully saturated rings. The van der Waals surface area contributed by atoms with E-state index in [2.05, 4.69) is 22.0 Å². The molecule has 2 unspecified atom stereocenters. The molecule has 0 amide bonds. The Kier molecular flexibility index (Phi) is 6.83. The lowest BCUT2D eigenvalue weighted by atomic mass is 10.1. The maximum atomic E-state index is 13.6. The molecule has 2 aromatic carbocycles. The predicted molar refractivity (Wildman–Crippen MR) is 121 cm³/mol. The van der Waals surface area contributed by atoms with Gasteiger partial charge >= 0.3 is 0 Å². The summed E-state index contributed by atoms with van der Waals surface area (Å²) < 4.78 is 15.6. The zero-order valence-corrected chi connectivity index (χ0v) is 18.7. The van der Waals surface area contributed by atoms with Crippen molar-refractivity contribution in [3.8, 4) is 5.69 Å². The maximum absolute atomic E-state index is 13.6. The number of aromatic nitrogens is 3. The number of halogens is 1. The van der Waals surface area contributed by atoms with E-state index in [0.717, 1.165) is 24.6 Å². The molecule has 4 rings (SSSR count). The summed E-state index contributed by atoms with van der Waals surface area (Å²) in [5.41, 5.74) is 1.48. The number of hydrogen-bond donors (Lipinski definition) is 0. The van der Waals surface area contributed by atoms with Crippen molar-refractivity contribution in [3.05, 3.63) is 71.8 Å². The summed E-state index contributed by atoms with van der Waals surface area (Å²) in [6.45, 7) is 6.09. The van der Waals surface area contributed by atoms with Crippen LogP contribution in [0.3, 0.4) is 0 Å². The lowest BCUT2D eigenvalue weighted by molar-refractivity contribution is 0.0994. The molecule has 162 valence electrons. The van der Waals surface area contributed by atoms with Gasteiger partial charge in [0.15, 0.2) is 16.8 Å². The van der Waals surface area contributed by atoms with Crippen LogP contribution in [0.5, 0.6) is 0 Å². The van der Waals surface area contributed by atoms with E-state index in [1.165, 1.54) is 43.2 Å². The van der Waals surface area contributed by atoms with Gasteiger partial charge in [0.25, 0.3) is 0 Å². The van der Waals surface area contributed by atoms with Gasteiger partial charge in [0, 0.05) is 11.3 Å². The van der Waals surface area contributed by atoms with Crippen LogP contribution >= 0.6 is 11.8 Å². The highest BCUT2D eigenvalue weighted by Gasteiger charge is 2.27. The van der Waals surface area contributed by atoms with Gasteiger partial charge in [0.1, 0.15) is 5.82 Å². The summed E-state index contributed by atoms with van der Waals surface area (Å²) in [6, 6.07) is 15.7. The number of carbonyl (C=O) groups is 1. The molecule has 0 bridgehead atoms. The van der Waals surface area contributed by atoms with Crippen LogP contribution in [0.2, 0.25) is 0 Å². The number of Topliss-reactive ketones (excluding diaryl/α,β-unsaturated/α-hetero) is 1. The fraction of sp³-hybridized carbons (Fsp3) is 0.375. The molecule has 2 heterocycles. The minimum absolute atomic E-state index is 0.0462. The van der Waals surface area contributed by atoms with Crippen LogP contribution in [-0.4, -0.2) is 43.8 Å². The first-order valence-electron chi connectivity index (χ1n) is 10.8. The van der Waals surface area contributed by atoms with Gasteiger partial charge in [-0.15, -0.1) is 10.2 Å². The highest BCUT2D eigenvalue weighted by Crippen LogP contribution is 2.32. The predicted octanol–water partition coefficient (Wildman–Crippen LogP) is 5.32. The number of ketones is 1. The number of hydrogen-bond acceptors (Lipinski definition) is 5. The highest BCUT2D eigenvalue weighted by molar-refractivity contribution is 8.00. The molecule has 1 aliphatic heterocycles. The monoisotopic (exact) mass is 438 g/mol. The molecule has 0 spiro atoms. The van der Waals surface area contributed by atoms with Crippen LogP contribution in [0, 0.1) is 5.82 Å². The Bertz CT molecular complexity index is 1020. The van der Waals surface area contributed by atoms with Crippen LogP contribution in [0.4, 0.5) is 4.39 Å². The summed E-state index contributed by atoms with van der Waals surface area (Å²) in [7, 11) is 0. The van der Waals surface area contributed by atoms with Crippen molar-refractivity contribution in [2.45, 2.75) is 49.6 Å². The third-order valence-corrected chi connectivity index (χ3v) is 6.81. The highest BCUT2D eigenvalue weighted by atomic mass is 32.2. The number of carbonyl (C=O) groups excluding carboxylic acids is 1. The third kappa shape index (κ3) is 4.88. The minimum Gasteiger partial charge on any atom is -0.294 e. The van der Waals surface area contributed by atoms with Gasteiger partial charge in [0.2, 0.25) is 0 Å². The molecule has 5 nitrogen and oxygen atoms in total. The van der Waals surface area contributed by atoms with Gasteiger partial charge in [-0.05, 0) is 64.0 Å². The van der Waals surface area contributed by atoms with Crippen molar-refractivity contribution in [2.75, 3.05) is 13.1 Å². The van der Waals surface area contributed by atoms with Gasteiger partial charge in [-0.3, -0.25) is 14.3 Å². The van der Waals surface area contributed by atoms with E-state index < -0.39 is 0 Å². The SMILES string of the molecule is CC(Sc1nnc(C(C)N2CCCCC2)n1-c1ccc(F)cc1)C(=O)c1ccccc1. The Balaban J connectivity index is 1.66. The maximum Gasteiger partial charge on any atom is 0.196 e. The molecular weight excluding hydrogens is 411 g/mol. The number of thioether (sulfide) groups is 1. The summed E-state index contributed by atoms with van der Waals surface area (Å²) in [5.74, 6) is 0.574. The van der Waals surface area contributed by atoms with Gasteiger partial charge in [-0.25, -0.2) is 4.39 Å². The van der Waals surface area contributed by atoms with Crippen molar-refractivity contribution < 1.29 is 9.18 Å². The first kappa shape index (κ1) is 21.7. The Labute approximate surface area is 186 Å². The van der Waals surface area contributed by atoms with Gasteiger partial charge < -0.3 is 0 Å². The molecule has 1 aromatic heterocycles. The van der Waals surface area contributed by atoms with E-state index in [9.17, 15) is 9.18 Å². The van der Waals surface area contributed by atoms with Crippen LogP contribution in [0.1, 0.15) is 55.3 Å². The van der Waals surface area contributed by atoms with E-state index >= 15 is 0 Å². The van der Waals surface area contributed by atoms with Crippen LogP contribution in [0.15, 0.2) is 59.8 Å². The molecule has 0 aliphatic carbocycles. The van der Waals surface area contributed by atoms with Crippen molar-refractivity contribution >= 4 is 17.5 Å². The Hall–Kier alpha value is -2.51. The molecule has 0 N–H and O–H groups in total. The number of nitrogens with zero attached hydrogens (tertiary/aromatic N) is 4. The standard InChI is InChI=1S/C24H27FN4OS/c1-17(28-15-7-4-8-16-28)23-26-27-24(29(23)21-13-11-20(25)12-14-21)31-18(2)22(30)19-9-5-3-6-10-19/h3,5-6,9-14,17-18H,4,7-8,15-16H2,1-2H3. The van der Waals surface area contributed by atoms with E-state index in [1.807, 2.05) is 41.8 Å². The zero-order valence-electron chi connectivity index (χ0n) is 17.9. The average Bonchev–Trinajstić information content (AvgIpc) is 3.23. The molecule has 0 saturated carbocycles. The molecule has 0 radical (unpaired) electrons. The lowest BCUT2D eigenvalue weighted by Gasteiger charge is -2.32. The second kappa shape index (κ2) is 9.75. The van der Waals surface area contributed by atoms with Crippen molar-refractivity contribution in [1.82, 2.24) is 19.7 Å². The number of benzene rings is 2. The van der Waals surface area contributed by atoms with Crippen LogP contribution in [-0.2, 0) is 0 Å². The third-order valence-electron chi connectivity index (χ3n) is 5.76. The zero-order chi connectivity index (χ0) is 21.8. The summed E-state index contributed by atoms with van der Waals surface area (Å²) in [5, 5.41) is 9.28. The van der Waals surface area contributed by atoms with Gasteiger partial charge in [0.05, 0.1) is 11.3 Å². The second-order valence-electron chi connectivity index (χ2n) is 7.92. The number of piperidine rings is 1. The van der Waals surface area contributed by atoms with E-state index in [1.54, 1.807) is 12.1 Å². The van der Waals surface area contributed by atoms with Crippen LogP contribution < -0.4 is 0 Å². The first-order chi connectivity index (χ1) is 15.0. The fourth-order valence-electron chi connectivity index (χ4n) is 3.98. The van der Waals surface area contributed by atoms with Crippen LogP contribution in [0.25, 0.3) is 5.69 Å². The Morgan fingerprint density at radius 3 is 2.32 bits per heavy atom. The normalized spacial score (nSPS) is 16.7. The first-order valence-corrected chi connectivity index (χ1v) is 11.6. The fourth-order valence-corrected chi connectivity index (χ4v) is 4.93. The van der Waals surface area contributed by atoms with Crippen molar-refractivity contribution in [2.24, 2.45) is 0 Å². The molecular formula is C24H27FN4OS. The van der Waals surface area contributed by atoms with Gasteiger partial charge in [-0.1, -0.05) is 48.5 Å². The van der Waals surface area contributed by atoms with Crippen molar-refractivity contribution in [1.29, 1.82) is 0 Å². The number of rotatable bonds is 7. The summed E-state index contributed by atoms with van der Waals surface area (Å²) >= 11 is 1.38. The minimum atomic E-state index is -0.330. The smallest absolute Gasteiger partial charge is 0.196 e. The van der Waals surface area contributed by atoms with E-state index in [-0.39, 0.29) is 22.9 Å².